The third kappa shape index (κ3) is 8.59. The molecule has 0 aliphatic rings. The van der Waals surface area contributed by atoms with Crippen LogP contribution in [0.2, 0.25) is 0 Å². The predicted molar refractivity (Wildman–Crippen MR) is 117 cm³/mol. The van der Waals surface area contributed by atoms with E-state index in [4.69, 9.17) is 4.74 Å². The maximum Gasteiger partial charge on any atom is 0.338 e. The van der Waals surface area contributed by atoms with E-state index in [2.05, 4.69) is 10.0 Å². The summed E-state index contributed by atoms with van der Waals surface area (Å²) in [6, 6.07) is 15.4. The second-order valence-electron chi connectivity index (χ2n) is 6.52. The van der Waals surface area contributed by atoms with E-state index in [9.17, 15) is 18.0 Å². The molecule has 2 aromatic rings. The Kier molecular flexibility index (Phi) is 9.24. The molecule has 0 heterocycles. The molecule has 2 rings (SSSR count). The smallest absolute Gasteiger partial charge is 0.338 e. The molecule has 0 saturated heterocycles. The molecule has 7 nitrogen and oxygen atoms in total. The van der Waals surface area contributed by atoms with E-state index in [-0.39, 0.29) is 18.9 Å². The highest BCUT2D eigenvalue weighted by Gasteiger charge is 2.09. The summed E-state index contributed by atoms with van der Waals surface area (Å²) in [5.41, 5.74) is 1.68. The van der Waals surface area contributed by atoms with Gasteiger partial charge in [-0.1, -0.05) is 43.7 Å². The Hall–Kier alpha value is -2.97. The van der Waals surface area contributed by atoms with E-state index in [0.29, 0.717) is 17.9 Å². The summed E-state index contributed by atoms with van der Waals surface area (Å²) < 4.78 is 31.4. The molecule has 0 aliphatic carbocycles. The quantitative estimate of drug-likeness (QED) is 0.419. The SMILES string of the molecule is CCCCOC(=O)c1ccc(NC(=O)CCNS(=O)(=O)/C=C/c2ccccc2)cc1. The molecule has 0 aliphatic heterocycles. The van der Waals surface area contributed by atoms with Gasteiger partial charge in [-0.15, -0.1) is 0 Å². The van der Waals surface area contributed by atoms with Crippen LogP contribution in [-0.2, 0) is 19.6 Å². The highest BCUT2D eigenvalue weighted by molar-refractivity contribution is 7.92. The van der Waals surface area contributed by atoms with Crippen molar-refractivity contribution in [2.45, 2.75) is 26.2 Å². The van der Waals surface area contributed by atoms with Crippen molar-refractivity contribution in [1.29, 1.82) is 0 Å². The van der Waals surface area contributed by atoms with Gasteiger partial charge in [0.15, 0.2) is 0 Å². The number of hydrogen-bond donors (Lipinski definition) is 2. The summed E-state index contributed by atoms with van der Waals surface area (Å²) in [6.07, 6.45) is 3.21. The number of carbonyl (C=O) groups excluding carboxylic acids is 2. The number of hydrogen-bond acceptors (Lipinski definition) is 5. The molecule has 2 N–H and O–H groups in total. The minimum atomic E-state index is -3.64. The Bertz CT molecular complexity index is 955. The molecule has 0 aromatic heterocycles. The number of sulfonamides is 1. The molecule has 30 heavy (non-hydrogen) atoms. The Morgan fingerprint density at radius 3 is 2.40 bits per heavy atom. The Morgan fingerprint density at radius 2 is 1.73 bits per heavy atom. The van der Waals surface area contributed by atoms with Crippen LogP contribution in [-0.4, -0.2) is 33.4 Å². The molecule has 160 valence electrons. The summed E-state index contributed by atoms with van der Waals surface area (Å²) in [5, 5.41) is 3.73. The van der Waals surface area contributed by atoms with Gasteiger partial charge < -0.3 is 10.1 Å². The second-order valence-corrected chi connectivity index (χ2v) is 8.17. The first kappa shape index (κ1) is 23.3. The van der Waals surface area contributed by atoms with Crippen LogP contribution in [0, 0.1) is 0 Å². The van der Waals surface area contributed by atoms with Crippen molar-refractivity contribution in [2.24, 2.45) is 0 Å². The van der Waals surface area contributed by atoms with Crippen molar-refractivity contribution in [2.75, 3.05) is 18.5 Å². The molecule has 0 bridgehead atoms. The summed E-state index contributed by atoms with van der Waals surface area (Å²) >= 11 is 0. The lowest BCUT2D eigenvalue weighted by Crippen LogP contribution is -2.26. The number of nitrogens with one attached hydrogen (secondary N) is 2. The fourth-order valence-electron chi connectivity index (χ4n) is 2.39. The van der Waals surface area contributed by atoms with E-state index in [1.165, 1.54) is 6.08 Å². The second kappa shape index (κ2) is 11.9. The number of rotatable bonds is 11. The van der Waals surface area contributed by atoms with Crippen LogP contribution in [0.15, 0.2) is 60.0 Å². The molecular formula is C22H26N2O5S. The van der Waals surface area contributed by atoms with Gasteiger partial charge in [0, 0.05) is 24.1 Å². The topological polar surface area (TPSA) is 102 Å². The van der Waals surface area contributed by atoms with Crippen molar-refractivity contribution >= 4 is 33.7 Å². The van der Waals surface area contributed by atoms with E-state index < -0.39 is 16.0 Å². The molecule has 0 saturated carbocycles. The van der Waals surface area contributed by atoms with Crippen LogP contribution in [0.1, 0.15) is 42.1 Å². The first-order chi connectivity index (χ1) is 14.4. The Balaban J connectivity index is 1.76. The van der Waals surface area contributed by atoms with Gasteiger partial charge in [0.05, 0.1) is 12.2 Å². The number of ether oxygens (including phenoxy) is 1. The maximum atomic E-state index is 12.0. The first-order valence-electron chi connectivity index (χ1n) is 9.69. The van der Waals surface area contributed by atoms with Crippen LogP contribution in [0.25, 0.3) is 6.08 Å². The van der Waals surface area contributed by atoms with Gasteiger partial charge >= 0.3 is 5.97 Å². The lowest BCUT2D eigenvalue weighted by molar-refractivity contribution is -0.116. The number of amides is 1. The summed E-state index contributed by atoms with van der Waals surface area (Å²) in [4.78, 5) is 23.9. The van der Waals surface area contributed by atoms with Gasteiger partial charge in [0.2, 0.25) is 15.9 Å². The van der Waals surface area contributed by atoms with E-state index in [0.717, 1.165) is 23.8 Å². The lowest BCUT2D eigenvalue weighted by atomic mass is 10.2. The number of benzene rings is 2. The average Bonchev–Trinajstić information content (AvgIpc) is 2.73. The zero-order valence-corrected chi connectivity index (χ0v) is 17.7. The van der Waals surface area contributed by atoms with Crippen molar-refractivity contribution in [3.8, 4) is 0 Å². The minimum Gasteiger partial charge on any atom is -0.462 e. The Labute approximate surface area is 177 Å². The molecule has 0 radical (unpaired) electrons. The van der Waals surface area contributed by atoms with Crippen LogP contribution in [0.3, 0.4) is 0 Å². The fraction of sp³-hybridized carbons (Fsp3) is 0.273. The number of carbonyl (C=O) groups is 2. The molecule has 0 fully saturated rings. The fourth-order valence-corrected chi connectivity index (χ4v) is 3.21. The van der Waals surface area contributed by atoms with Crippen molar-refractivity contribution in [3.05, 3.63) is 71.1 Å². The molecule has 1 amide bonds. The van der Waals surface area contributed by atoms with Crippen molar-refractivity contribution in [3.63, 3.8) is 0 Å². The van der Waals surface area contributed by atoms with Gasteiger partial charge in [0.1, 0.15) is 0 Å². The van der Waals surface area contributed by atoms with Crippen LogP contribution in [0.4, 0.5) is 5.69 Å². The Morgan fingerprint density at radius 1 is 1.03 bits per heavy atom. The molecule has 8 heteroatoms. The molecule has 0 unspecified atom stereocenters. The normalized spacial score (nSPS) is 11.4. The number of unbranched alkanes of at least 4 members (excludes halogenated alkanes) is 1. The van der Waals surface area contributed by atoms with E-state index >= 15 is 0 Å². The highest BCUT2D eigenvalue weighted by Crippen LogP contribution is 2.11. The monoisotopic (exact) mass is 430 g/mol. The van der Waals surface area contributed by atoms with Crippen LogP contribution in [0.5, 0.6) is 0 Å². The average molecular weight is 431 g/mol. The van der Waals surface area contributed by atoms with Gasteiger partial charge in [-0.2, -0.15) is 0 Å². The van der Waals surface area contributed by atoms with Gasteiger partial charge in [0.25, 0.3) is 0 Å². The first-order valence-corrected chi connectivity index (χ1v) is 11.2. The third-order valence-corrected chi connectivity index (χ3v) is 5.13. The third-order valence-electron chi connectivity index (χ3n) is 4.03. The molecular weight excluding hydrogens is 404 g/mol. The maximum absolute atomic E-state index is 12.0. The van der Waals surface area contributed by atoms with Gasteiger partial charge in [-0.3, -0.25) is 4.79 Å². The molecule has 2 aromatic carbocycles. The standard InChI is InChI=1S/C22H26N2O5S/c1-2-3-16-29-22(26)19-9-11-20(12-10-19)24-21(25)13-15-23-30(27,28)17-14-18-7-5-4-6-8-18/h4-12,14,17,23H,2-3,13,15-16H2,1H3,(H,24,25)/b17-14+. The summed E-state index contributed by atoms with van der Waals surface area (Å²) in [5.74, 6) is -0.748. The van der Waals surface area contributed by atoms with Gasteiger partial charge in [-0.25, -0.2) is 17.9 Å². The van der Waals surface area contributed by atoms with Gasteiger partial charge in [-0.05, 0) is 42.3 Å². The minimum absolute atomic E-state index is 0.0286. The zero-order chi connectivity index (χ0) is 21.8. The van der Waals surface area contributed by atoms with E-state index in [1.54, 1.807) is 36.4 Å². The lowest BCUT2D eigenvalue weighted by Gasteiger charge is -2.07. The van der Waals surface area contributed by atoms with Crippen LogP contribution < -0.4 is 10.0 Å². The molecule has 0 spiro atoms. The van der Waals surface area contributed by atoms with Crippen molar-refractivity contribution < 1.29 is 22.7 Å². The zero-order valence-electron chi connectivity index (χ0n) is 16.8. The predicted octanol–water partition coefficient (Wildman–Crippen LogP) is 3.56. The largest absolute Gasteiger partial charge is 0.462 e. The number of anilines is 1. The molecule has 0 atom stereocenters. The van der Waals surface area contributed by atoms with E-state index in [1.807, 2.05) is 25.1 Å². The summed E-state index contributed by atoms with van der Waals surface area (Å²) in [7, 11) is -3.64. The summed E-state index contributed by atoms with van der Waals surface area (Å²) in [6.45, 7) is 2.36. The number of esters is 1. The van der Waals surface area contributed by atoms with Crippen molar-refractivity contribution in [1.82, 2.24) is 4.72 Å². The van der Waals surface area contributed by atoms with Crippen LogP contribution >= 0.6 is 0 Å². The highest BCUT2D eigenvalue weighted by atomic mass is 32.2.